The second-order valence-electron chi connectivity index (χ2n) is 5.94. The van der Waals surface area contributed by atoms with Crippen LogP contribution in [0, 0.1) is 0 Å². The summed E-state index contributed by atoms with van der Waals surface area (Å²) in [5.74, 6) is 0.627. The van der Waals surface area contributed by atoms with Crippen molar-refractivity contribution < 1.29 is 9.53 Å². The predicted octanol–water partition coefficient (Wildman–Crippen LogP) is 3.88. The van der Waals surface area contributed by atoms with Crippen LogP contribution in [0.25, 0.3) is 0 Å². The van der Waals surface area contributed by atoms with Crippen LogP contribution in [-0.2, 0) is 6.61 Å². The first kappa shape index (κ1) is 19.8. The fourth-order valence-corrected chi connectivity index (χ4v) is 3.27. The van der Waals surface area contributed by atoms with Crippen molar-refractivity contribution in [2.75, 3.05) is 20.1 Å². The van der Waals surface area contributed by atoms with E-state index in [9.17, 15) is 4.79 Å². The lowest BCUT2D eigenvalue weighted by molar-refractivity contribution is 0.0739. The molecule has 1 unspecified atom stereocenters. The van der Waals surface area contributed by atoms with E-state index in [0.717, 1.165) is 29.5 Å². The molecule has 0 bridgehead atoms. The zero-order chi connectivity index (χ0) is 16.9. The molecule has 6 heteroatoms. The summed E-state index contributed by atoms with van der Waals surface area (Å²) >= 11 is 3.52. The highest BCUT2D eigenvalue weighted by Gasteiger charge is 2.25. The second kappa shape index (κ2) is 9.22. The zero-order valence-electron chi connectivity index (χ0n) is 14.1. The molecule has 0 aliphatic carbocycles. The quantitative estimate of drug-likeness (QED) is 0.790. The highest BCUT2D eigenvalue weighted by atomic mass is 79.9. The molecule has 1 fully saturated rings. The predicted molar refractivity (Wildman–Crippen MR) is 106 cm³/mol. The number of rotatable bonds is 5. The normalized spacial score (nSPS) is 16.2. The Kier molecular flexibility index (Phi) is 7.29. The van der Waals surface area contributed by atoms with E-state index >= 15 is 0 Å². The van der Waals surface area contributed by atoms with Crippen LogP contribution in [0.4, 0.5) is 0 Å². The number of nitrogens with zero attached hydrogens (tertiary/aromatic N) is 1. The molecule has 1 heterocycles. The first-order chi connectivity index (χ1) is 11.7. The van der Waals surface area contributed by atoms with Crippen molar-refractivity contribution in [3.05, 3.63) is 64.1 Å². The number of likely N-dealkylation sites (N-methyl/N-ethyl adjacent to an activating group) is 1. The third kappa shape index (κ3) is 4.75. The van der Waals surface area contributed by atoms with Gasteiger partial charge in [0.05, 0.1) is 5.56 Å². The van der Waals surface area contributed by atoms with Gasteiger partial charge in [-0.25, -0.2) is 0 Å². The molecule has 1 atom stereocenters. The van der Waals surface area contributed by atoms with Crippen LogP contribution < -0.4 is 10.1 Å². The van der Waals surface area contributed by atoms with Crippen molar-refractivity contribution in [1.82, 2.24) is 10.2 Å². The molecule has 3 rings (SSSR count). The number of halogens is 2. The molecular weight excluding hydrogens is 404 g/mol. The standard InChI is InChI=1S/C19H21BrN2O2.ClH/c1-22(15-10-11-21-12-15)19(23)16-7-3-5-9-18(16)24-13-14-6-2-4-8-17(14)20;/h2-9,15,21H,10-13H2,1H3;1H. The van der Waals surface area contributed by atoms with E-state index in [0.29, 0.717) is 17.9 Å². The second-order valence-corrected chi connectivity index (χ2v) is 6.79. The van der Waals surface area contributed by atoms with Crippen LogP contribution >= 0.6 is 28.3 Å². The number of hydrogen-bond donors (Lipinski definition) is 1. The number of ether oxygens (including phenoxy) is 1. The van der Waals surface area contributed by atoms with Gasteiger partial charge in [-0.05, 0) is 31.2 Å². The van der Waals surface area contributed by atoms with E-state index < -0.39 is 0 Å². The van der Waals surface area contributed by atoms with E-state index in [4.69, 9.17) is 4.74 Å². The van der Waals surface area contributed by atoms with Crippen molar-refractivity contribution in [3.8, 4) is 5.75 Å². The van der Waals surface area contributed by atoms with Crippen molar-refractivity contribution >= 4 is 34.2 Å². The molecule has 1 amide bonds. The van der Waals surface area contributed by atoms with Gasteiger partial charge in [-0.3, -0.25) is 4.79 Å². The first-order valence-electron chi connectivity index (χ1n) is 8.10. The molecule has 4 nitrogen and oxygen atoms in total. The highest BCUT2D eigenvalue weighted by molar-refractivity contribution is 9.10. The molecule has 25 heavy (non-hydrogen) atoms. The third-order valence-electron chi connectivity index (χ3n) is 4.36. The minimum absolute atomic E-state index is 0. The average Bonchev–Trinajstić information content (AvgIpc) is 3.15. The summed E-state index contributed by atoms with van der Waals surface area (Å²) in [6.07, 6.45) is 0.988. The largest absolute Gasteiger partial charge is 0.488 e. The van der Waals surface area contributed by atoms with Gasteiger partial charge < -0.3 is 15.0 Å². The summed E-state index contributed by atoms with van der Waals surface area (Å²) in [4.78, 5) is 14.7. The molecule has 0 aromatic heterocycles. The van der Waals surface area contributed by atoms with E-state index in [1.54, 1.807) is 0 Å². The maximum Gasteiger partial charge on any atom is 0.257 e. The minimum Gasteiger partial charge on any atom is -0.488 e. The molecule has 1 N–H and O–H groups in total. The Balaban J connectivity index is 0.00000225. The molecule has 2 aromatic rings. The van der Waals surface area contributed by atoms with Crippen LogP contribution in [-0.4, -0.2) is 37.0 Å². The number of nitrogens with one attached hydrogen (secondary N) is 1. The molecule has 0 spiro atoms. The molecule has 134 valence electrons. The Labute approximate surface area is 163 Å². The average molecular weight is 426 g/mol. The molecule has 0 saturated carbocycles. The topological polar surface area (TPSA) is 41.6 Å². The SMILES string of the molecule is CN(C(=O)c1ccccc1OCc1ccccc1Br)C1CCNC1.Cl. The van der Waals surface area contributed by atoms with Gasteiger partial charge >= 0.3 is 0 Å². The van der Waals surface area contributed by atoms with E-state index in [1.165, 1.54) is 0 Å². The maximum atomic E-state index is 12.8. The Morgan fingerprint density at radius 2 is 1.96 bits per heavy atom. The fourth-order valence-electron chi connectivity index (χ4n) is 2.87. The van der Waals surface area contributed by atoms with E-state index in [1.807, 2.05) is 60.5 Å². The Morgan fingerprint density at radius 1 is 1.24 bits per heavy atom. The van der Waals surface area contributed by atoms with Crippen LogP contribution in [0.5, 0.6) is 5.75 Å². The lowest BCUT2D eigenvalue weighted by Crippen LogP contribution is -2.38. The summed E-state index contributed by atoms with van der Waals surface area (Å²) in [6.45, 7) is 2.23. The van der Waals surface area contributed by atoms with Crippen molar-refractivity contribution in [3.63, 3.8) is 0 Å². The maximum absolute atomic E-state index is 12.8. The van der Waals surface area contributed by atoms with Gasteiger partial charge in [-0.1, -0.05) is 46.3 Å². The van der Waals surface area contributed by atoms with Gasteiger partial charge in [-0.15, -0.1) is 12.4 Å². The van der Waals surface area contributed by atoms with Gasteiger partial charge in [0.1, 0.15) is 12.4 Å². The van der Waals surface area contributed by atoms with Crippen molar-refractivity contribution in [1.29, 1.82) is 0 Å². The Bertz CT molecular complexity index is 720. The van der Waals surface area contributed by atoms with Crippen LogP contribution in [0.1, 0.15) is 22.3 Å². The number of hydrogen-bond acceptors (Lipinski definition) is 3. The molecule has 0 radical (unpaired) electrons. The number of carbonyl (C=O) groups is 1. The van der Waals surface area contributed by atoms with Crippen LogP contribution in [0.15, 0.2) is 53.0 Å². The van der Waals surface area contributed by atoms with Crippen molar-refractivity contribution in [2.45, 2.75) is 19.1 Å². The van der Waals surface area contributed by atoms with Crippen molar-refractivity contribution in [2.24, 2.45) is 0 Å². The summed E-state index contributed by atoms with van der Waals surface area (Å²) < 4.78 is 6.95. The van der Waals surface area contributed by atoms with Crippen LogP contribution in [0.3, 0.4) is 0 Å². The Hall–Kier alpha value is -1.56. The number of carbonyl (C=O) groups excluding carboxylic acids is 1. The summed E-state index contributed by atoms with van der Waals surface area (Å²) in [7, 11) is 1.87. The number of amides is 1. The zero-order valence-corrected chi connectivity index (χ0v) is 16.5. The lowest BCUT2D eigenvalue weighted by Gasteiger charge is -2.24. The third-order valence-corrected chi connectivity index (χ3v) is 5.13. The smallest absolute Gasteiger partial charge is 0.257 e. The van der Waals surface area contributed by atoms with Gasteiger partial charge in [0, 0.05) is 29.7 Å². The summed E-state index contributed by atoms with van der Waals surface area (Å²) in [6, 6.07) is 15.6. The van der Waals surface area contributed by atoms with E-state index in [2.05, 4.69) is 21.2 Å². The monoisotopic (exact) mass is 424 g/mol. The lowest BCUT2D eigenvalue weighted by atomic mass is 10.1. The molecular formula is C19H22BrClN2O2. The highest BCUT2D eigenvalue weighted by Crippen LogP contribution is 2.24. The molecule has 2 aromatic carbocycles. The van der Waals surface area contributed by atoms with Gasteiger partial charge in [-0.2, -0.15) is 0 Å². The van der Waals surface area contributed by atoms with Gasteiger partial charge in [0.15, 0.2) is 0 Å². The van der Waals surface area contributed by atoms with Gasteiger partial charge in [0.2, 0.25) is 0 Å². The summed E-state index contributed by atoms with van der Waals surface area (Å²) in [5.41, 5.74) is 1.66. The first-order valence-corrected chi connectivity index (χ1v) is 8.89. The van der Waals surface area contributed by atoms with E-state index in [-0.39, 0.29) is 24.4 Å². The van der Waals surface area contributed by atoms with Crippen LogP contribution in [0.2, 0.25) is 0 Å². The minimum atomic E-state index is 0. The molecule has 1 aliphatic rings. The molecule has 1 aliphatic heterocycles. The number of para-hydroxylation sites is 1. The summed E-state index contributed by atoms with van der Waals surface area (Å²) in [5, 5.41) is 3.30. The molecule has 1 saturated heterocycles. The number of benzene rings is 2. The van der Waals surface area contributed by atoms with Gasteiger partial charge in [0.25, 0.3) is 5.91 Å². The Morgan fingerprint density at radius 3 is 2.68 bits per heavy atom. The fraction of sp³-hybridized carbons (Fsp3) is 0.316.